The van der Waals surface area contributed by atoms with Crippen molar-refractivity contribution in [3.8, 4) is 0 Å². The molecule has 0 N–H and O–H groups in total. The summed E-state index contributed by atoms with van der Waals surface area (Å²) in [6.45, 7) is 9.84. The van der Waals surface area contributed by atoms with Gasteiger partial charge in [0.15, 0.2) is 11.5 Å². The monoisotopic (exact) mass is 335 g/mol. The van der Waals surface area contributed by atoms with Crippen LogP contribution < -0.4 is 4.90 Å². The van der Waals surface area contributed by atoms with E-state index in [-0.39, 0.29) is 12.0 Å². The lowest BCUT2D eigenvalue weighted by Gasteiger charge is -2.34. The molecule has 0 saturated carbocycles. The number of hydrogen-bond donors (Lipinski definition) is 0. The second-order valence-corrected chi connectivity index (χ2v) is 5.43. The Bertz CT molecular complexity index is 551. The number of nitrogens with zero attached hydrogens (tertiary/aromatic N) is 5. The van der Waals surface area contributed by atoms with E-state index >= 15 is 0 Å². The van der Waals surface area contributed by atoms with Crippen LogP contribution in [-0.4, -0.2) is 77.9 Å². The Morgan fingerprint density at radius 1 is 1.08 bits per heavy atom. The highest BCUT2D eigenvalue weighted by Crippen LogP contribution is 2.14. The van der Waals surface area contributed by atoms with Gasteiger partial charge in [0.2, 0.25) is 0 Å². The van der Waals surface area contributed by atoms with Crippen molar-refractivity contribution in [3.05, 3.63) is 17.8 Å². The third-order valence-electron chi connectivity index (χ3n) is 4.05. The van der Waals surface area contributed by atoms with Crippen LogP contribution >= 0.6 is 0 Å². The number of aromatic nitrogens is 2. The average Bonchev–Trinajstić information content (AvgIpc) is 2.63. The van der Waals surface area contributed by atoms with E-state index in [0.717, 1.165) is 5.82 Å². The van der Waals surface area contributed by atoms with E-state index in [1.54, 1.807) is 22.8 Å². The van der Waals surface area contributed by atoms with Crippen molar-refractivity contribution >= 4 is 17.8 Å². The van der Waals surface area contributed by atoms with Gasteiger partial charge in [0.1, 0.15) is 0 Å². The summed E-state index contributed by atoms with van der Waals surface area (Å²) in [4.78, 5) is 29.4. The van der Waals surface area contributed by atoms with Crippen molar-refractivity contribution in [2.24, 2.45) is 0 Å². The number of rotatable bonds is 5. The molecule has 1 aromatic rings. The molecule has 2 amide bonds. The van der Waals surface area contributed by atoms with Gasteiger partial charge in [-0.05, 0) is 32.9 Å². The minimum atomic E-state index is -0.275. The maximum Gasteiger partial charge on any atom is 0.409 e. The predicted molar refractivity (Wildman–Crippen MR) is 90.1 cm³/mol. The standard InChI is InChI=1S/C16H25N5O3/c1-4-19(5-2)15(22)13-7-8-14(18-17-13)20-9-11-21(12-10-20)16(23)24-6-3/h7-8H,4-6,9-12H2,1-3H3. The minimum Gasteiger partial charge on any atom is -0.450 e. The number of ether oxygens (including phenoxy) is 1. The van der Waals surface area contributed by atoms with E-state index in [9.17, 15) is 9.59 Å². The molecule has 0 atom stereocenters. The first-order chi connectivity index (χ1) is 11.6. The van der Waals surface area contributed by atoms with Crippen LogP contribution in [0.15, 0.2) is 12.1 Å². The van der Waals surface area contributed by atoms with Crippen molar-refractivity contribution < 1.29 is 14.3 Å². The third-order valence-corrected chi connectivity index (χ3v) is 4.05. The fourth-order valence-electron chi connectivity index (χ4n) is 2.61. The van der Waals surface area contributed by atoms with Crippen molar-refractivity contribution in [2.45, 2.75) is 20.8 Å². The zero-order valence-corrected chi connectivity index (χ0v) is 14.6. The van der Waals surface area contributed by atoms with E-state index in [1.807, 2.05) is 24.8 Å². The van der Waals surface area contributed by atoms with Crippen LogP contribution in [0.3, 0.4) is 0 Å². The van der Waals surface area contributed by atoms with E-state index in [2.05, 4.69) is 10.2 Å². The van der Waals surface area contributed by atoms with Crippen LogP contribution in [0.4, 0.5) is 10.6 Å². The Kier molecular flexibility index (Phi) is 6.34. The molecule has 2 rings (SSSR count). The van der Waals surface area contributed by atoms with E-state index in [4.69, 9.17) is 4.74 Å². The number of carbonyl (C=O) groups excluding carboxylic acids is 2. The molecule has 1 aliphatic heterocycles. The van der Waals surface area contributed by atoms with Gasteiger partial charge in [0.25, 0.3) is 5.91 Å². The molecule has 24 heavy (non-hydrogen) atoms. The van der Waals surface area contributed by atoms with Gasteiger partial charge < -0.3 is 19.4 Å². The average molecular weight is 335 g/mol. The van der Waals surface area contributed by atoms with Gasteiger partial charge in [0, 0.05) is 39.3 Å². The summed E-state index contributed by atoms with van der Waals surface area (Å²) >= 11 is 0. The third kappa shape index (κ3) is 4.12. The normalized spacial score (nSPS) is 14.5. The largest absolute Gasteiger partial charge is 0.450 e. The van der Waals surface area contributed by atoms with Crippen LogP contribution in [0.5, 0.6) is 0 Å². The van der Waals surface area contributed by atoms with Crippen molar-refractivity contribution in [1.29, 1.82) is 0 Å². The zero-order valence-electron chi connectivity index (χ0n) is 14.6. The molecule has 1 fully saturated rings. The molecular formula is C16H25N5O3. The molecular weight excluding hydrogens is 310 g/mol. The lowest BCUT2D eigenvalue weighted by atomic mass is 10.3. The molecule has 8 nitrogen and oxygen atoms in total. The molecule has 0 radical (unpaired) electrons. The van der Waals surface area contributed by atoms with Crippen LogP contribution in [0, 0.1) is 0 Å². The summed E-state index contributed by atoms with van der Waals surface area (Å²) in [5, 5.41) is 8.24. The Morgan fingerprint density at radius 3 is 2.25 bits per heavy atom. The van der Waals surface area contributed by atoms with Crippen molar-refractivity contribution in [2.75, 3.05) is 50.8 Å². The Labute approximate surface area is 142 Å². The topological polar surface area (TPSA) is 78.9 Å². The second-order valence-electron chi connectivity index (χ2n) is 5.43. The first kappa shape index (κ1) is 18.0. The Hall–Kier alpha value is -2.38. The van der Waals surface area contributed by atoms with Gasteiger partial charge in [-0.2, -0.15) is 0 Å². The fourth-order valence-corrected chi connectivity index (χ4v) is 2.61. The summed E-state index contributed by atoms with van der Waals surface area (Å²) in [6.07, 6.45) is -0.275. The first-order valence-electron chi connectivity index (χ1n) is 8.40. The minimum absolute atomic E-state index is 0.105. The first-order valence-corrected chi connectivity index (χ1v) is 8.40. The lowest BCUT2D eigenvalue weighted by Crippen LogP contribution is -2.49. The summed E-state index contributed by atoms with van der Waals surface area (Å²) in [5.74, 6) is 0.612. The smallest absolute Gasteiger partial charge is 0.409 e. The summed E-state index contributed by atoms with van der Waals surface area (Å²) < 4.78 is 5.01. The molecule has 0 aromatic carbocycles. The molecule has 132 valence electrons. The number of anilines is 1. The highest BCUT2D eigenvalue weighted by atomic mass is 16.6. The number of piperazine rings is 1. The molecule has 1 saturated heterocycles. The fraction of sp³-hybridized carbons (Fsp3) is 0.625. The van der Waals surface area contributed by atoms with Crippen molar-refractivity contribution in [3.63, 3.8) is 0 Å². The van der Waals surface area contributed by atoms with Crippen LogP contribution in [0.1, 0.15) is 31.3 Å². The Morgan fingerprint density at radius 2 is 1.75 bits per heavy atom. The van der Waals surface area contributed by atoms with Crippen LogP contribution in [0.2, 0.25) is 0 Å². The van der Waals surface area contributed by atoms with Gasteiger partial charge >= 0.3 is 6.09 Å². The van der Waals surface area contributed by atoms with Crippen LogP contribution in [-0.2, 0) is 4.74 Å². The van der Waals surface area contributed by atoms with Crippen molar-refractivity contribution in [1.82, 2.24) is 20.0 Å². The second kappa shape index (κ2) is 8.47. The molecule has 0 aliphatic carbocycles. The van der Waals surface area contributed by atoms with Gasteiger partial charge in [0.05, 0.1) is 6.61 Å². The highest BCUT2D eigenvalue weighted by Gasteiger charge is 2.23. The molecule has 0 spiro atoms. The van der Waals surface area contributed by atoms with E-state index in [0.29, 0.717) is 51.6 Å². The molecule has 1 aliphatic rings. The molecule has 0 bridgehead atoms. The summed E-state index contributed by atoms with van der Waals surface area (Å²) in [7, 11) is 0. The number of hydrogen-bond acceptors (Lipinski definition) is 6. The van der Waals surface area contributed by atoms with Crippen LogP contribution in [0.25, 0.3) is 0 Å². The molecule has 8 heteroatoms. The van der Waals surface area contributed by atoms with Gasteiger partial charge in [-0.25, -0.2) is 4.79 Å². The van der Waals surface area contributed by atoms with E-state index < -0.39 is 0 Å². The maximum absolute atomic E-state index is 12.2. The van der Waals surface area contributed by atoms with Gasteiger partial charge in [-0.3, -0.25) is 4.79 Å². The van der Waals surface area contributed by atoms with Gasteiger partial charge in [-0.15, -0.1) is 10.2 Å². The quantitative estimate of drug-likeness (QED) is 0.805. The van der Waals surface area contributed by atoms with Gasteiger partial charge in [-0.1, -0.05) is 0 Å². The molecule has 1 aromatic heterocycles. The maximum atomic E-state index is 12.2. The zero-order chi connectivity index (χ0) is 17.5. The summed E-state index contributed by atoms with van der Waals surface area (Å²) in [5.41, 5.74) is 0.354. The Balaban J connectivity index is 1.95. The summed E-state index contributed by atoms with van der Waals surface area (Å²) in [6, 6.07) is 3.52. The molecule has 2 heterocycles. The molecule has 0 unspecified atom stereocenters. The predicted octanol–water partition coefficient (Wildman–Crippen LogP) is 1.24. The number of amides is 2. The number of carbonyl (C=O) groups is 2. The lowest BCUT2D eigenvalue weighted by molar-refractivity contribution is 0.0765. The SMILES string of the molecule is CCOC(=O)N1CCN(c2ccc(C(=O)N(CC)CC)nn2)CC1. The highest BCUT2D eigenvalue weighted by molar-refractivity contribution is 5.92. The van der Waals surface area contributed by atoms with E-state index in [1.165, 1.54) is 0 Å².